The van der Waals surface area contributed by atoms with Crippen LogP contribution in [0.5, 0.6) is 11.5 Å². The van der Waals surface area contributed by atoms with Gasteiger partial charge in [0.15, 0.2) is 11.5 Å². The Morgan fingerprint density at radius 2 is 1.77 bits per heavy atom. The van der Waals surface area contributed by atoms with Gasteiger partial charge in [0, 0.05) is 37.6 Å². The standard InChI is InChI=1S/C20H25N3O3/c1-24-18-9-16-3-8-26-20(17(16)10-19(18)25-2)4-6-23(7-5-20)13-15-11-21-14-22-12-15/h9-12,14H,3-8,13H2,1-2H3. The quantitative estimate of drug-likeness (QED) is 0.840. The number of methoxy groups -OCH3 is 2. The lowest BCUT2D eigenvalue weighted by atomic mass is 9.79. The summed E-state index contributed by atoms with van der Waals surface area (Å²) in [6, 6.07) is 4.24. The van der Waals surface area contributed by atoms with E-state index in [1.165, 1.54) is 11.1 Å². The normalized spacial score (nSPS) is 19.2. The minimum atomic E-state index is -0.211. The molecule has 138 valence electrons. The molecule has 0 atom stereocenters. The molecule has 3 heterocycles. The number of rotatable bonds is 4. The van der Waals surface area contributed by atoms with Crippen LogP contribution >= 0.6 is 0 Å². The second-order valence-corrected chi connectivity index (χ2v) is 6.98. The van der Waals surface area contributed by atoms with E-state index in [0.29, 0.717) is 0 Å². The third-order valence-electron chi connectivity index (χ3n) is 5.53. The zero-order valence-electron chi connectivity index (χ0n) is 15.4. The molecule has 0 unspecified atom stereocenters. The van der Waals surface area contributed by atoms with E-state index in [1.807, 2.05) is 12.4 Å². The molecule has 6 nitrogen and oxygen atoms in total. The lowest BCUT2D eigenvalue weighted by Gasteiger charge is -2.45. The first kappa shape index (κ1) is 17.2. The van der Waals surface area contributed by atoms with Crippen molar-refractivity contribution < 1.29 is 14.2 Å². The molecule has 1 spiro atoms. The van der Waals surface area contributed by atoms with E-state index in [9.17, 15) is 0 Å². The SMILES string of the molecule is COc1cc2c(cc1OC)C1(CCN(Cc3cncnc3)CC1)OCC2. The third kappa shape index (κ3) is 3.15. The summed E-state index contributed by atoms with van der Waals surface area (Å²) in [5.41, 5.74) is 3.53. The molecular weight excluding hydrogens is 330 g/mol. The van der Waals surface area contributed by atoms with E-state index < -0.39 is 0 Å². The summed E-state index contributed by atoms with van der Waals surface area (Å²) >= 11 is 0. The smallest absolute Gasteiger partial charge is 0.161 e. The molecule has 2 aromatic rings. The van der Waals surface area contributed by atoms with Crippen LogP contribution < -0.4 is 9.47 Å². The summed E-state index contributed by atoms with van der Waals surface area (Å²) in [6.07, 6.45) is 8.22. The topological polar surface area (TPSA) is 56.7 Å². The fourth-order valence-corrected chi connectivity index (χ4v) is 4.14. The zero-order chi connectivity index (χ0) is 18.0. The summed E-state index contributed by atoms with van der Waals surface area (Å²) in [6.45, 7) is 3.62. The summed E-state index contributed by atoms with van der Waals surface area (Å²) in [5.74, 6) is 1.57. The van der Waals surface area contributed by atoms with Gasteiger partial charge >= 0.3 is 0 Å². The summed E-state index contributed by atoms with van der Waals surface area (Å²) < 4.78 is 17.4. The Hall–Kier alpha value is -2.18. The van der Waals surface area contributed by atoms with Gasteiger partial charge in [0.1, 0.15) is 6.33 Å². The number of likely N-dealkylation sites (tertiary alicyclic amines) is 1. The second-order valence-electron chi connectivity index (χ2n) is 6.98. The van der Waals surface area contributed by atoms with Gasteiger partial charge < -0.3 is 14.2 Å². The van der Waals surface area contributed by atoms with E-state index in [-0.39, 0.29) is 5.60 Å². The van der Waals surface area contributed by atoms with Crippen LogP contribution in [0.3, 0.4) is 0 Å². The van der Waals surface area contributed by atoms with Crippen molar-refractivity contribution in [3.8, 4) is 11.5 Å². The van der Waals surface area contributed by atoms with Crippen LogP contribution in [0, 0.1) is 0 Å². The number of benzene rings is 1. The molecule has 0 bridgehead atoms. The van der Waals surface area contributed by atoms with Gasteiger partial charge in [-0.3, -0.25) is 4.90 Å². The molecule has 0 saturated carbocycles. The van der Waals surface area contributed by atoms with Gasteiger partial charge in [-0.25, -0.2) is 9.97 Å². The Labute approximate surface area is 154 Å². The van der Waals surface area contributed by atoms with Crippen LogP contribution in [0.1, 0.15) is 29.5 Å². The predicted octanol–water partition coefficient (Wildman–Crippen LogP) is 2.56. The Morgan fingerprint density at radius 1 is 1.08 bits per heavy atom. The number of piperidine rings is 1. The highest BCUT2D eigenvalue weighted by Gasteiger charge is 2.41. The third-order valence-corrected chi connectivity index (χ3v) is 5.53. The minimum absolute atomic E-state index is 0.211. The Bertz CT molecular complexity index is 758. The number of hydrogen-bond acceptors (Lipinski definition) is 6. The fraction of sp³-hybridized carbons (Fsp3) is 0.500. The highest BCUT2D eigenvalue weighted by Crippen LogP contribution is 2.45. The number of aromatic nitrogens is 2. The van der Waals surface area contributed by atoms with Gasteiger partial charge in [-0.2, -0.15) is 0 Å². The van der Waals surface area contributed by atoms with Gasteiger partial charge in [-0.15, -0.1) is 0 Å². The van der Waals surface area contributed by atoms with Gasteiger partial charge in [0.05, 0.1) is 26.4 Å². The number of ether oxygens (including phenoxy) is 3. The van der Waals surface area contributed by atoms with Crippen molar-refractivity contribution in [3.63, 3.8) is 0 Å². The van der Waals surface area contributed by atoms with Crippen molar-refractivity contribution in [3.05, 3.63) is 47.5 Å². The molecule has 2 aliphatic rings. The maximum atomic E-state index is 6.36. The first-order chi connectivity index (χ1) is 12.7. The van der Waals surface area contributed by atoms with Gasteiger partial charge in [-0.05, 0) is 42.5 Å². The molecule has 0 N–H and O–H groups in total. The Kier molecular flexibility index (Phi) is 4.78. The largest absolute Gasteiger partial charge is 0.493 e. The van der Waals surface area contributed by atoms with Crippen LogP contribution in [-0.2, 0) is 23.3 Å². The number of nitrogens with zero attached hydrogens (tertiary/aromatic N) is 3. The maximum Gasteiger partial charge on any atom is 0.161 e. The molecule has 26 heavy (non-hydrogen) atoms. The number of fused-ring (bicyclic) bond motifs is 2. The van der Waals surface area contributed by atoms with Crippen LogP contribution in [0.2, 0.25) is 0 Å². The molecule has 1 aromatic heterocycles. The highest BCUT2D eigenvalue weighted by atomic mass is 16.5. The average Bonchev–Trinajstić information content (AvgIpc) is 2.70. The van der Waals surface area contributed by atoms with Crippen LogP contribution in [0.25, 0.3) is 0 Å². The maximum absolute atomic E-state index is 6.36. The minimum Gasteiger partial charge on any atom is -0.493 e. The monoisotopic (exact) mass is 355 g/mol. The first-order valence-electron chi connectivity index (χ1n) is 9.10. The highest BCUT2D eigenvalue weighted by molar-refractivity contribution is 5.50. The lowest BCUT2D eigenvalue weighted by Crippen LogP contribution is -2.46. The van der Waals surface area contributed by atoms with Crippen molar-refractivity contribution in [2.75, 3.05) is 33.9 Å². The summed E-state index contributed by atoms with van der Waals surface area (Å²) in [4.78, 5) is 10.7. The van der Waals surface area contributed by atoms with Gasteiger partial charge in [-0.1, -0.05) is 0 Å². The van der Waals surface area contributed by atoms with Crippen molar-refractivity contribution in [2.24, 2.45) is 0 Å². The molecule has 0 radical (unpaired) electrons. The molecule has 1 fully saturated rings. The van der Waals surface area contributed by atoms with E-state index in [4.69, 9.17) is 14.2 Å². The molecule has 2 aliphatic heterocycles. The zero-order valence-corrected chi connectivity index (χ0v) is 15.4. The summed E-state index contributed by atoms with van der Waals surface area (Å²) in [7, 11) is 3.37. The molecular formula is C20H25N3O3. The van der Waals surface area contributed by atoms with E-state index in [0.717, 1.165) is 62.6 Å². The first-order valence-corrected chi connectivity index (χ1v) is 9.10. The molecule has 4 rings (SSSR count). The molecule has 0 aliphatic carbocycles. The van der Waals surface area contributed by atoms with Crippen molar-refractivity contribution in [2.45, 2.75) is 31.4 Å². The van der Waals surface area contributed by atoms with E-state index >= 15 is 0 Å². The number of hydrogen-bond donors (Lipinski definition) is 0. The van der Waals surface area contributed by atoms with Gasteiger partial charge in [0.25, 0.3) is 0 Å². The van der Waals surface area contributed by atoms with Crippen LogP contribution in [0.4, 0.5) is 0 Å². The summed E-state index contributed by atoms with van der Waals surface area (Å²) in [5, 5.41) is 0. The van der Waals surface area contributed by atoms with Gasteiger partial charge in [0.2, 0.25) is 0 Å². The van der Waals surface area contributed by atoms with Crippen molar-refractivity contribution >= 4 is 0 Å². The predicted molar refractivity (Wildman–Crippen MR) is 97.4 cm³/mol. The van der Waals surface area contributed by atoms with Crippen molar-refractivity contribution in [1.29, 1.82) is 0 Å². The molecule has 6 heteroatoms. The molecule has 1 aromatic carbocycles. The van der Waals surface area contributed by atoms with Crippen LogP contribution in [0.15, 0.2) is 30.9 Å². The second kappa shape index (κ2) is 7.21. The molecule has 1 saturated heterocycles. The average molecular weight is 355 g/mol. The van der Waals surface area contributed by atoms with Crippen molar-refractivity contribution in [1.82, 2.24) is 14.9 Å². The fourth-order valence-electron chi connectivity index (χ4n) is 4.14. The van der Waals surface area contributed by atoms with E-state index in [1.54, 1.807) is 20.5 Å². The van der Waals surface area contributed by atoms with Crippen LogP contribution in [-0.4, -0.2) is 48.8 Å². The lowest BCUT2D eigenvalue weighted by molar-refractivity contribution is -0.0990. The molecule has 0 amide bonds. The van der Waals surface area contributed by atoms with E-state index in [2.05, 4.69) is 27.0 Å². The Morgan fingerprint density at radius 3 is 2.46 bits per heavy atom. The Balaban J connectivity index is 1.54.